The van der Waals surface area contributed by atoms with Crippen molar-refractivity contribution in [3.63, 3.8) is 0 Å². The highest BCUT2D eigenvalue weighted by molar-refractivity contribution is 5.30. The van der Waals surface area contributed by atoms with Crippen molar-refractivity contribution in [2.75, 3.05) is 7.05 Å². The molecule has 4 heteroatoms. The van der Waals surface area contributed by atoms with Gasteiger partial charge in [0.2, 0.25) is 0 Å². The van der Waals surface area contributed by atoms with E-state index in [2.05, 4.69) is 5.32 Å². The van der Waals surface area contributed by atoms with Gasteiger partial charge in [0.05, 0.1) is 0 Å². The van der Waals surface area contributed by atoms with Gasteiger partial charge < -0.3 is 5.32 Å². The van der Waals surface area contributed by atoms with Gasteiger partial charge in [0, 0.05) is 0 Å². The Balaban J connectivity index is 3.14. The van der Waals surface area contributed by atoms with Crippen molar-refractivity contribution in [3.05, 3.63) is 35.4 Å². The Hall–Kier alpha value is -1.03. The second-order valence-corrected chi connectivity index (χ2v) is 4.65. The maximum absolute atomic E-state index is 13.0. The zero-order valence-corrected chi connectivity index (χ0v) is 10.5. The molecule has 1 aromatic rings. The molecule has 0 bridgehead atoms. The number of nitrogens with one attached hydrogen (secondary N) is 1. The van der Waals surface area contributed by atoms with Crippen molar-refractivity contribution in [2.45, 2.75) is 38.4 Å². The third-order valence-corrected chi connectivity index (χ3v) is 3.22. The number of hydrogen-bond acceptors (Lipinski definition) is 1. The Morgan fingerprint density at radius 2 is 1.53 bits per heavy atom. The molecule has 1 rings (SSSR count). The van der Waals surface area contributed by atoms with E-state index >= 15 is 0 Å². The lowest BCUT2D eigenvalue weighted by atomic mass is 9.89. The van der Waals surface area contributed by atoms with E-state index in [1.54, 1.807) is 24.3 Å². The molecule has 0 fully saturated rings. The quantitative estimate of drug-likeness (QED) is 0.854. The van der Waals surface area contributed by atoms with Crippen molar-refractivity contribution in [2.24, 2.45) is 0 Å². The molecule has 0 radical (unpaired) electrons. The molecule has 0 aliphatic carbocycles. The first-order chi connectivity index (χ1) is 7.72. The van der Waals surface area contributed by atoms with Crippen molar-refractivity contribution in [1.29, 1.82) is 0 Å². The minimum Gasteiger partial charge on any atom is -0.303 e. The van der Waals surface area contributed by atoms with E-state index in [1.807, 2.05) is 13.8 Å². The molecule has 0 aliphatic heterocycles. The standard InChI is InChI=1S/C13H18F3N/c1-9(2)10-5-7-11(8-6-10)12(3,17-4)13(14,15)16/h5-9,17H,1-4H3. The number of alkyl halides is 3. The van der Waals surface area contributed by atoms with Crippen LogP contribution >= 0.6 is 0 Å². The van der Waals surface area contributed by atoms with Gasteiger partial charge in [-0.1, -0.05) is 38.1 Å². The predicted molar refractivity (Wildman–Crippen MR) is 63.0 cm³/mol. The molecular formula is C13H18F3N. The fraction of sp³-hybridized carbons (Fsp3) is 0.538. The summed E-state index contributed by atoms with van der Waals surface area (Å²) in [5.74, 6) is 0.316. The van der Waals surface area contributed by atoms with Crippen LogP contribution in [0.3, 0.4) is 0 Å². The van der Waals surface area contributed by atoms with Crippen LogP contribution in [0.15, 0.2) is 24.3 Å². The van der Waals surface area contributed by atoms with Crippen LogP contribution in [0.1, 0.15) is 37.8 Å². The summed E-state index contributed by atoms with van der Waals surface area (Å²) in [5.41, 5.74) is -0.728. The highest BCUT2D eigenvalue weighted by Gasteiger charge is 2.51. The van der Waals surface area contributed by atoms with Gasteiger partial charge in [-0.2, -0.15) is 13.2 Å². The van der Waals surface area contributed by atoms with E-state index < -0.39 is 11.7 Å². The monoisotopic (exact) mass is 245 g/mol. The van der Waals surface area contributed by atoms with Crippen LogP contribution in [0, 0.1) is 0 Å². The van der Waals surface area contributed by atoms with Gasteiger partial charge in [0.25, 0.3) is 0 Å². The van der Waals surface area contributed by atoms with E-state index in [9.17, 15) is 13.2 Å². The molecule has 1 nitrogen and oxygen atoms in total. The van der Waals surface area contributed by atoms with Crippen LogP contribution in [-0.2, 0) is 5.54 Å². The molecular weight excluding hydrogens is 227 g/mol. The average Bonchev–Trinajstić information content (AvgIpc) is 2.26. The Morgan fingerprint density at radius 3 is 1.82 bits per heavy atom. The first-order valence-electron chi connectivity index (χ1n) is 5.58. The fourth-order valence-electron chi connectivity index (χ4n) is 1.65. The van der Waals surface area contributed by atoms with E-state index in [-0.39, 0.29) is 5.56 Å². The van der Waals surface area contributed by atoms with Crippen LogP contribution in [0.5, 0.6) is 0 Å². The molecule has 0 amide bonds. The summed E-state index contributed by atoms with van der Waals surface area (Å²) in [6.07, 6.45) is -4.32. The second kappa shape index (κ2) is 4.69. The minimum absolute atomic E-state index is 0.233. The molecule has 17 heavy (non-hydrogen) atoms. The summed E-state index contributed by atoms with van der Waals surface area (Å²) >= 11 is 0. The van der Waals surface area contributed by atoms with Gasteiger partial charge in [-0.15, -0.1) is 0 Å². The van der Waals surface area contributed by atoms with Gasteiger partial charge in [0.15, 0.2) is 0 Å². The van der Waals surface area contributed by atoms with Crippen LogP contribution < -0.4 is 5.32 Å². The first-order valence-corrected chi connectivity index (χ1v) is 5.58. The van der Waals surface area contributed by atoms with Crippen LogP contribution in [0.2, 0.25) is 0 Å². The zero-order valence-electron chi connectivity index (χ0n) is 10.5. The smallest absolute Gasteiger partial charge is 0.303 e. The summed E-state index contributed by atoms with van der Waals surface area (Å²) in [7, 11) is 1.32. The first kappa shape index (κ1) is 14.0. The molecule has 96 valence electrons. The Bertz CT molecular complexity index is 367. The van der Waals surface area contributed by atoms with Gasteiger partial charge in [-0.05, 0) is 31.0 Å². The second-order valence-electron chi connectivity index (χ2n) is 4.65. The molecule has 0 saturated carbocycles. The van der Waals surface area contributed by atoms with Crippen LogP contribution in [0.4, 0.5) is 13.2 Å². The summed E-state index contributed by atoms with van der Waals surface area (Å²) in [5, 5.41) is 2.36. The van der Waals surface area contributed by atoms with E-state index in [0.29, 0.717) is 5.92 Å². The van der Waals surface area contributed by atoms with E-state index in [4.69, 9.17) is 0 Å². The lowest BCUT2D eigenvalue weighted by Crippen LogP contribution is -2.49. The average molecular weight is 245 g/mol. The molecule has 0 aromatic heterocycles. The molecule has 1 unspecified atom stereocenters. The fourth-order valence-corrected chi connectivity index (χ4v) is 1.65. The van der Waals surface area contributed by atoms with Crippen molar-refractivity contribution >= 4 is 0 Å². The Kier molecular flexibility index (Phi) is 3.87. The molecule has 0 heterocycles. The third kappa shape index (κ3) is 2.63. The zero-order chi connectivity index (χ0) is 13.3. The SMILES string of the molecule is CNC(C)(c1ccc(C(C)C)cc1)C(F)(F)F. The van der Waals surface area contributed by atoms with E-state index in [0.717, 1.165) is 12.5 Å². The molecule has 0 spiro atoms. The number of halogens is 3. The molecule has 0 saturated heterocycles. The Morgan fingerprint density at radius 1 is 1.06 bits per heavy atom. The largest absolute Gasteiger partial charge is 0.410 e. The number of hydrogen-bond donors (Lipinski definition) is 1. The normalized spacial score (nSPS) is 16.0. The molecule has 1 N–H and O–H groups in total. The van der Waals surface area contributed by atoms with Gasteiger partial charge in [0.1, 0.15) is 5.54 Å². The summed E-state index contributed by atoms with van der Waals surface area (Å²) in [6, 6.07) is 6.58. The third-order valence-electron chi connectivity index (χ3n) is 3.22. The van der Waals surface area contributed by atoms with Crippen molar-refractivity contribution in [1.82, 2.24) is 5.32 Å². The van der Waals surface area contributed by atoms with Crippen LogP contribution in [0.25, 0.3) is 0 Å². The molecule has 1 atom stereocenters. The number of benzene rings is 1. The summed E-state index contributed by atoms with van der Waals surface area (Å²) in [6.45, 7) is 5.17. The van der Waals surface area contributed by atoms with Crippen LogP contribution in [-0.4, -0.2) is 13.2 Å². The molecule has 1 aromatic carbocycles. The minimum atomic E-state index is -4.32. The molecule has 0 aliphatic rings. The topological polar surface area (TPSA) is 12.0 Å². The summed E-state index contributed by atoms with van der Waals surface area (Å²) in [4.78, 5) is 0. The number of rotatable bonds is 3. The maximum atomic E-state index is 13.0. The van der Waals surface area contributed by atoms with Crippen molar-refractivity contribution in [3.8, 4) is 0 Å². The van der Waals surface area contributed by atoms with Crippen molar-refractivity contribution < 1.29 is 13.2 Å². The predicted octanol–water partition coefficient (Wildman–Crippen LogP) is 3.81. The lowest BCUT2D eigenvalue weighted by molar-refractivity contribution is -0.193. The summed E-state index contributed by atoms with van der Waals surface area (Å²) < 4.78 is 39.0. The van der Waals surface area contributed by atoms with Gasteiger partial charge in [-0.3, -0.25) is 0 Å². The maximum Gasteiger partial charge on any atom is 0.410 e. The lowest BCUT2D eigenvalue weighted by Gasteiger charge is -2.32. The van der Waals surface area contributed by atoms with E-state index in [1.165, 1.54) is 7.05 Å². The van der Waals surface area contributed by atoms with Gasteiger partial charge in [-0.25, -0.2) is 0 Å². The van der Waals surface area contributed by atoms with Gasteiger partial charge >= 0.3 is 6.18 Å². The Labute approximate surface area is 100 Å². The highest BCUT2D eigenvalue weighted by Crippen LogP contribution is 2.38. The highest BCUT2D eigenvalue weighted by atomic mass is 19.4.